The van der Waals surface area contributed by atoms with Gasteiger partial charge < -0.3 is 0 Å². The maximum absolute atomic E-state index is 14.0. The third kappa shape index (κ3) is 7.95. The van der Waals surface area contributed by atoms with Crippen molar-refractivity contribution >= 4 is 6.08 Å². The molecule has 31 heavy (non-hydrogen) atoms. The van der Waals surface area contributed by atoms with Crippen molar-refractivity contribution in [1.82, 2.24) is 0 Å². The van der Waals surface area contributed by atoms with Gasteiger partial charge in [0.1, 0.15) is 5.83 Å². The largest absolute Gasteiger partial charge is 0.212 e. The average Bonchev–Trinajstić information content (AvgIpc) is 2.80. The molecule has 0 aliphatic heterocycles. The first-order valence-corrected chi connectivity index (χ1v) is 12.7. The molecule has 168 valence electrons. The van der Waals surface area contributed by atoms with E-state index in [9.17, 15) is 4.39 Å². The Labute approximate surface area is 190 Å². The molecule has 0 N–H and O–H groups in total. The van der Waals surface area contributed by atoms with Crippen molar-refractivity contribution in [3.8, 4) is 0 Å². The number of hydrogen-bond acceptors (Lipinski definition) is 0. The van der Waals surface area contributed by atoms with Crippen LogP contribution in [0.5, 0.6) is 0 Å². The van der Waals surface area contributed by atoms with Crippen LogP contribution in [-0.2, 0) is 12.8 Å². The Bertz CT molecular complexity index is 776. The van der Waals surface area contributed by atoms with Crippen LogP contribution < -0.4 is 0 Å². The van der Waals surface area contributed by atoms with Crippen LogP contribution in [0.25, 0.3) is 6.08 Å². The molecule has 1 fully saturated rings. The zero-order chi connectivity index (χ0) is 21.9. The molecular formula is C30H41F. The summed E-state index contributed by atoms with van der Waals surface area (Å²) < 4.78 is 14.0. The quantitative estimate of drug-likeness (QED) is 0.317. The van der Waals surface area contributed by atoms with Crippen molar-refractivity contribution in [3.63, 3.8) is 0 Å². The van der Waals surface area contributed by atoms with Crippen molar-refractivity contribution in [2.45, 2.75) is 96.8 Å². The van der Waals surface area contributed by atoms with Gasteiger partial charge >= 0.3 is 0 Å². The molecule has 0 nitrogen and oxygen atoms in total. The Morgan fingerprint density at radius 2 is 1.42 bits per heavy atom. The number of halogens is 1. The Hall–Kier alpha value is -1.89. The Morgan fingerprint density at radius 3 is 2.00 bits per heavy atom. The van der Waals surface area contributed by atoms with Gasteiger partial charge in [-0.1, -0.05) is 88.1 Å². The molecular weight excluding hydrogens is 379 g/mol. The van der Waals surface area contributed by atoms with Crippen LogP contribution in [0.2, 0.25) is 0 Å². The summed E-state index contributed by atoms with van der Waals surface area (Å²) in [4.78, 5) is 0. The van der Waals surface area contributed by atoms with E-state index in [1.807, 2.05) is 12.1 Å². The number of benzene rings is 2. The number of hydrogen-bond donors (Lipinski definition) is 0. The first kappa shape index (κ1) is 23.8. The smallest absolute Gasteiger partial charge is 0.101 e. The second-order valence-electron chi connectivity index (χ2n) is 9.54. The third-order valence-corrected chi connectivity index (χ3v) is 7.02. The molecule has 0 unspecified atom stereocenters. The highest BCUT2D eigenvalue weighted by atomic mass is 19.1. The summed E-state index contributed by atoms with van der Waals surface area (Å²) in [6.45, 7) is 4.46. The standard InChI is InChI=1S/C30H41F/c1-3-5-6-8-30(31)23-27-13-11-25(12-14-27)9-10-26-17-21-29(22-18-26)28-19-15-24(7-4-2)16-20-28/h11-14,17-18,21-24,28H,3-10,15-16,19-20H2,1-2H3/b30-23+. The topological polar surface area (TPSA) is 0 Å². The van der Waals surface area contributed by atoms with Gasteiger partial charge in [0.15, 0.2) is 0 Å². The molecule has 1 saturated carbocycles. The lowest BCUT2D eigenvalue weighted by Gasteiger charge is -2.28. The predicted octanol–water partition coefficient (Wildman–Crippen LogP) is 9.44. The molecule has 2 aromatic carbocycles. The molecule has 1 heteroatoms. The summed E-state index contributed by atoms with van der Waals surface area (Å²) in [5.74, 6) is 1.74. The summed E-state index contributed by atoms with van der Waals surface area (Å²) in [6.07, 6.45) is 15.8. The maximum Gasteiger partial charge on any atom is 0.101 e. The lowest BCUT2D eigenvalue weighted by molar-refractivity contribution is 0.308. The van der Waals surface area contributed by atoms with Crippen molar-refractivity contribution in [2.75, 3.05) is 0 Å². The Morgan fingerprint density at radius 1 is 0.806 bits per heavy atom. The molecule has 0 amide bonds. The van der Waals surface area contributed by atoms with Crippen molar-refractivity contribution in [2.24, 2.45) is 5.92 Å². The van der Waals surface area contributed by atoms with E-state index in [1.165, 1.54) is 55.2 Å². The van der Waals surface area contributed by atoms with Crippen molar-refractivity contribution in [3.05, 3.63) is 76.6 Å². The normalized spacial score (nSPS) is 19.5. The van der Waals surface area contributed by atoms with Crippen LogP contribution in [0, 0.1) is 5.92 Å². The summed E-state index contributed by atoms with van der Waals surface area (Å²) >= 11 is 0. The molecule has 1 aliphatic rings. The fourth-order valence-corrected chi connectivity index (χ4v) is 5.02. The highest BCUT2D eigenvalue weighted by Crippen LogP contribution is 2.37. The van der Waals surface area contributed by atoms with Crippen LogP contribution in [-0.4, -0.2) is 0 Å². The minimum Gasteiger partial charge on any atom is -0.212 e. The van der Waals surface area contributed by atoms with Crippen LogP contribution in [0.1, 0.15) is 106 Å². The number of aryl methyl sites for hydroxylation is 2. The van der Waals surface area contributed by atoms with Crippen LogP contribution in [0.15, 0.2) is 54.4 Å². The van der Waals surface area contributed by atoms with Gasteiger partial charge in [-0.05, 0) is 91.5 Å². The molecule has 0 atom stereocenters. The third-order valence-electron chi connectivity index (χ3n) is 7.02. The van der Waals surface area contributed by atoms with Crippen molar-refractivity contribution in [1.29, 1.82) is 0 Å². The van der Waals surface area contributed by atoms with Crippen molar-refractivity contribution < 1.29 is 4.39 Å². The molecule has 0 heterocycles. The van der Waals surface area contributed by atoms with Gasteiger partial charge in [-0.3, -0.25) is 0 Å². The Balaban J connectivity index is 1.45. The maximum atomic E-state index is 14.0. The van der Waals surface area contributed by atoms with Gasteiger partial charge in [0.2, 0.25) is 0 Å². The van der Waals surface area contributed by atoms with E-state index in [2.05, 4.69) is 50.2 Å². The lowest BCUT2D eigenvalue weighted by Crippen LogP contribution is -2.13. The van der Waals surface area contributed by atoms with E-state index in [-0.39, 0.29) is 5.83 Å². The summed E-state index contributed by atoms with van der Waals surface area (Å²) in [5, 5.41) is 0. The van der Waals surface area contributed by atoms with E-state index in [0.717, 1.165) is 49.5 Å². The van der Waals surface area contributed by atoms with Crippen LogP contribution >= 0.6 is 0 Å². The number of unbranched alkanes of at least 4 members (excludes halogenated alkanes) is 2. The minimum atomic E-state index is 0.000130. The summed E-state index contributed by atoms with van der Waals surface area (Å²) in [5.41, 5.74) is 5.24. The second kappa shape index (κ2) is 12.8. The fourth-order valence-electron chi connectivity index (χ4n) is 5.02. The lowest BCUT2D eigenvalue weighted by atomic mass is 9.77. The van der Waals surface area contributed by atoms with E-state index >= 15 is 0 Å². The van der Waals surface area contributed by atoms with Crippen LogP contribution in [0.4, 0.5) is 4.39 Å². The second-order valence-corrected chi connectivity index (χ2v) is 9.54. The zero-order valence-corrected chi connectivity index (χ0v) is 19.7. The number of rotatable bonds is 11. The molecule has 0 bridgehead atoms. The summed E-state index contributed by atoms with van der Waals surface area (Å²) in [6, 6.07) is 17.8. The molecule has 0 spiro atoms. The first-order chi connectivity index (χ1) is 15.2. The molecule has 2 aromatic rings. The van der Waals surface area contributed by atoms with Gasteiger partial charge in [-0.15, -0.1) is 0 Å². The monoisotopic (exact) mass is 420 g/mol. The molecule has 0 radical (unpaired) electrons. The molecule has 0 saturated heterocycles. The Kier molecular flexibility index (Phi) is 9.85. The molecule has 0 aromatic heterocycles. The van der Waals surface area contributed by atoms with Gasteiger partial charge in [0.25, 0.3) is 0 Å². The molecule has 3 rings (SSSR count). The highest BCUT2D eigenvalue weighted by Gasteiger charge is 2.21. The van der Waals surface area contributed by atoms with Crippen LogP contribution in [0.3, 0.4) is 0 Å². The molecule has 1 aliphatic carbocycles. The fraction of sp³-hybridized carbons (Fsp3) is 0.533. The van der Waals surface area contributed by atoms with Gasteiger partial charge in [0, 0.05) is 0 Å². The van der Waals surface area contributed by atoms with E-state index in [0.29, 0.717) is 6.42 Å². The van der Waals surface area contributed by atoms with E-state index in [1.54, 1.807) is 6.08 Å². The van der Waals surface area contributed by atoms with E-state index < -0.39 is 0 Å². The first-order valence-electron chi connectivity index (χ1n) is 12.7. The minimum absolute atomic E-state index is 0.000130. The van der Waals surface area contributed by atoms with Gasteiger partial charge in [0.05, 0.1) is 0 Å². The van der Waals surface area contributed by atoms with Gasteiger partial charge in [-0.25, -0.2) is 4.39 Å². The van der Waals surface area contributed by atoms with Gasteiger partial charge in [-0.2, -0.15) is 0 Å². The summed E-state index contributed by atoms with van der Waals surface area (Å²) in [7, 11) is 0. The zero-order valence-electron chi connectivity index (χ0n) is 19.7. The predicted molar refractivity (Wildman–Crippen MR) is 133 cm³/mol. The SMILES string of the molecule is CCCCC/C(F)=C\c1ccc(CCc2ccc(C3CCC(CCC)CC3)cc2)cc1. The number of allylic oxidation sites excluding steroid dienone is 1. The van der Waals surface area contributed by atoms with E-state index in [4.69, 9.17) is 0 Å². The average molecular weight is 421 g/mol. The highest BCUT2D eigenvalue weighted by molar-refractivity contribution is 5.51.